The van der Waals surface area contributed by atoms with E-state index in [0.717, 1.165) is 49.4 Å². The van der Waals surface area contributed by atoms with E-state index >= 15 is 0 Å². The number of halogens is 1. The molecule has 4 aliphatic rings. The molecule has 3 saturated carbocycles. The summed E-state index contributed by atoms with van der Waals surface area (Å²) in [6, 6.07) is 0.358. The molecular weight excluding hydrogens is 452 g/mol. The molecule has 2 unspecified atom stereocenters. The van der Waals surface area contributed by atoms with Crippen LogP contribution >= 0.6 is 15.9 Å². The summed E-state index contributed by atoms with van der Waals surface area (Å²) < 4.78 is 0. The Morgan fingerprint density at radius 1 is 1.13 bits per heavy atom. The zero-order chi connectivity index (χ0) is 22.2. The van der Waals surface area contributed by atoms with E-state index in [9.17, 15) is 9.59 Å². The van der Waals surface area contributed by atoms with Gasteiger partial charge in [-0.3, -0.25) is 9.59 Å². The van der Waals surface area contributed by atoms with Gasteiger partial charge in [-0.05, 0) is 86.5 Å². The summed E-state index contributed by atoms with van der Waals surface area (Å²) in [5.74, 6) is 3.23. The maximum Gasteiger partial charge on any atom is 0.246 e. The first kappa shape index (κ1) is 23.3. The minimum Gasteiger partial charge on any atom is -0.356 e. The van der Waals surface area contributed by atoms with Crippen molar-refractivity contribution in [3.63, 3.8) is 0 Å². The van der Waals surface area contributed by atoms with E-state index in [1.54, 1.807) is 0 Å². The number of fused-ring (bicyclic) bond motifs is 5. The van der Waals surface area contributed by atoms with Crippen molar-refractivity contribution < 1.29 is 9.59 Å². The van der Waals surface area contributed by atoms with Crippen molar-refractivity contribution in [3.05, 3.63) is 12.2 Å². The lowest BCUT2D eigenvalue weighted by Gasteiger charge is -2.60. The predicted octanol–water partition coefficient (Wildman–Crippen LogP) is 5.31. The normalized spacial score (nSPS) is 41.5. The average Bonchev–Trinajstić information content (AvgIpc) is 3.09. The number of alkyl halides is 1. The van der Waals surface area contributed by atoms with Crippen molar-refractivity contribution >= 4 is 27.7 Å². The molecule has 0 saturated heterocycles. The Kier molecular flexibility index (Phi) is 6.91. The molecule has 3 fully saturated rings. The molecule has 1 heterocycles. The molecule has 7 atom stereocenters. The molecule has 3 aliphatic carbocycles. The van der Waals surface area contributed by atoms with E-state index in [1.165, 1.54) is 32.1 Å². The van der Waals surface area contributed by atoms with Crippen LogP contribution in [0.25, 0.3) is 0 Å². The molecule has 4 rings (SSSR count). The summed E-state index contributed by atoms with van der Waals surface area (Å²) in [6.07, 6.45) is 15.5. The highest BCUT2D eigenvalue weighted by Crippen LogP contribution is 2.65. The van der Waals surface area contributed by atoms with Crippen molar-refractivity contribution in [1.82, 2.24) is 10.2 Å². The number of likely N-dealkylation sites (N-methyl/N-ethyl adjacent to an activating group) is 1. The Labute approximate surface area is 197 Å². The molecule has 174 valence electrons. The highest BCUT2D eigenvalue weighted by molar-refractivity contribution is 9.09. The summed E-state index contributed by atoms with van der Waals surface area (Å²) in [5.41, 5.74) is 0.474. The van der Waals surface area contributed by atoms with Crippen LogP contribution in [0.15, 0.2) is 12.2 Å². The lowest BCUT2D eigenvalue weighted by Crippen LogP contribution is -2.59. The smallest absolute Gasteiger partial charge is 0.246 e. The van der Waals surface area contributed by atoms with Crippen LogP contribution in [0.1, 0.15) is 78.1 Å². The van der Waals surface area contributed by atoms with Gasteiger partial charge in [0.15, 0.2) is 0 Å². The first-order valence-electron chi connectivity index (χ1n) is 12.6. The molecule has 0 aromatic carbocycles. The fourth-order valence-electron chi connectivity index (χ4n) is 8.06. The maximum absolute atomic E-state index is 12.3. The molecule has 5 heteroatoms. The lowest BCUT2D eigenvalue weighted by atomic mass is 9.47. The first-order valence-corrected chi connectivity index (χ1v) is 13.7. The molecule has 0 bridgehead atoms. The fraction of sp³-hybridized carbons (Fsp3) is 0.846. The fourth-order valence-corrected chi connectivity index (χ4v) is 8.46. The second kappa shape index (κ2) is 9.19. The molecule has 31 heavy (non-hydrogen) atoms. The zero-order valence-electron chi connectivity index (χ0n) is 19.7. The van der Waals surface area contributed by atoms with Crippen LogP contribution in [-0.2, 0) is 9.59 Å². The number of nitrogens with zero attached hydrogens (tertiary/aromatic N) is 1. The van der Waals surface area contributed by atoms with Crippen LogP contribution in [0.4, 0.5) is 0 Å². The second-order valence-corrected chi connectivity index (χ2v) is 12.0. The van der Waals surface area contributed by atoms with Gasteiger partial charge in [0, 0.05) is 36.8 Å². The average molecular weight is 494 g/mol. The molecule has 2 amide bonds. The van der Waals surface area contributed by atoms with Gasteiger partial charge >= 0.3 is 0 Å². The molecule has 4 nitrogen and oxygen atoms in total. The molecule has 0 aromatic heterocycles. The number of carbonyl (C=O) groups excluding carboxylic acids is 2. The molecule has 0 radical (unpaired) electrons. The summed E-state index contributed by atoms with van der Waals surface area (Å²) in [6.45, 7) is 5.80. The monoisotopic (exact) mass is 492 g/mol. The van der Waals surface area contributed by atoms with Gasteiger partial charge in [0.25, 0.3) is 0 Å². The van der Waals surface area contributed by atoms with Crippen LogP contribution in [0.3, 0.4) is 0 Å². The van der Waals surface area contributed by atoms with Crippen LogP contribution in [-0.4, -0.2) is 41.7 Å². The minimum absolute atomic E-state index is 0.119. The number of unbranched alkanes of at least 4 members (excludes halogenated alkanes) is 2. The third-order valence-electron chi connectivity index (χ3n) is 9.91. The summed E-state index contributed by atoms with van der Waals surface area (Å²) in [4.78, 5) is 26.6. The van der Waals surface area contributed by atoms with E-state index < -0.39 is 0 Å². The van der Waals surface area contributed by atoms with Gasteiger partial charge in [0.05, 0.1) is 0 Å². The van der Waals surface area contributed by atoms with Crippen LogP contribution in [0.5, 0.6) is 0 Å². The van der Waals surface area contributed by atoms with Gasteiger partial charge in [0.1, 0.15) is 0 Å². The standard InChI is InChI=1S/C26H41BrN2O2/c1-25-14-12-21-19(9-11-22-26(21,2)15-13-24(31)29(22)3)20(25)10-8-18(25)17-28-23(30)7-5-4-6-16-27/h13,15,18-22H,4-12,14,16-17H2,1-3H3,(H,28,30)/t18?,19-,20-,21+,22?,25+,26+/m0/s1. The predicted molar refractivity (Wildman–Crippen MR) is 129 cm³/mol. The molecule has 0 spiro atoms. The van der Waals surface area contributed by atoms with E-state index in [2.05, 4.69) is 41.2 Å². The third kappa shape index (κ3) is 4.13. The Hall–Kier alpha value is -0.840. The Balaban J connectivity index is 1.39. The van der Waals surface area contributed by atoms with Crippen molar-refractivity contribution in [2.45, 2.75) is 84.1 Å². The number of nitrogens with one attached hydrogen (secondary N) is 1. The second-order valence-electron chi connectivity index (χ2n) is 11.2. The largest absolute Gasteiger partial charge is 0.356 e. The third-order valence-corrected chi connectivity index (χ3v) is 10.5. The Morgan fingerprint density at radius 2 is 1.94 bits per heavy atom. The van der Waals surface area contributed by atoms with Crippen LogP contribution in [0, 0.1) is 34.5 Å². The van der Waals surface area contributed by atoms with E-state index in [0.29, 0.717) is 29.7 Å². The van der Waals surface area contributed by atoms with Gasteiger partial charge in [-0.25, -0.2) is 0 Å². The summed E-state index contributed by atoms with van der Waals surface area (Å²) in [5, 5.41) is 4.32. The van der Waals surface area contributed by atoms with E-state index in [4.69, 9.17) is 0 Å². The quantitative estimate of drug-likeness (QED) is 0.386. The highest BCUT2D eigenvalue weighted by atomic mass is 79.9. The Bertz CT molecular complexity index is 724. The van der Waals surface area contributed by atoms with E-state index in [-0.39, 0.29) is 17.2 Å². The lowest BCUT2D eigenvalue weighted by molar-refractivity contribution is -0.139. The Morgan fingerprint density at radius 3 is 2.71 bits per heavy atom. The van der Waals surface area contributed by atoms with E-state index in [1.807, 2.05) is 18.0 Å². The SMILES string of the molecule is CN1C(=O)C=C[C@@]2(C)C1CC[C@@H]1[C@H]2CC[C@]2(C)C(CNC(=O)CCCCCBr)CC[C@@H]12. The van der Waals surface area contributed by atoms with Crippen LogP contribution in [0.2, 0.25) is 0 Å². The number of rotatable bonds is 7. The van der Waals surface area contributed by atoms with Crippen molar-refractivity contribution in [2.24, 2.45) is 34.5 Å². The van der Waals surface area contributed by atoms with Crippen molar-refractivity contribution in [2.75, 3.05) is 18.9 Å². The molecule has 1 N–H and O–H groups in total. The summed E-state index contributed by atoms with van der Waals surface area (Å²) in [7, 11) is 2.00. The number of hydrogen-bond acceptors (Lipinski definition) is 2. The van der Waals surface area contributed by atoms with Gasteiger partial charge in [-0.2, -0.15) is 0 Å². The van der Waals surface area contributed by atoms with Crippen LogP contribution < -0.4 is 5.32 Å². The number of hydrogen-bond donors (Lipinski definition) is 1. The molecule has 1 aliphatic heterocycles. The van der Waals surface area contributed by atoms with Gasteiger partial charge in [-0.1, -0.05) is 42.3 Å². The number of amides is 2. The minimum atomic E-state index is 0.119. The highest BCUT2D eigenvalue weighted by Gasteiger charge is 2.60. The van der Waals surface area contributed by atoms with Gasteiger partial charge in [0.2, 0.25) is 11.8 Å². The number of carbonyl (C=O) groups is 2. The van der Waals surface area contributed by atoms with Gasteiger partial charge < -0.3 is 10.2 Å². The topological polar surface area (TPSA) is 49.4 Å². The maximum atomic E-state index is 12.3. The summed E-state index contributed by atoms with van der Waals surface area (Å²) >= 11 is 3.46. The first-order chi connectivity index (χ1) is 14.8. The zero-order valence-corrected chi connectivity index (χ0v) is 21.3. The van der Waals surface area contributed by atoms with Crippen molar-refractivity contribution in [3.8, 4) is 0 Å². The van der Waals surface area contributed by atoms with Gasteiger partial charge in [-0.15, -0.1) is 0 Å². The molecule has 0 aromatic rings. The molecular formula is C26H41BrN2O2. The van der Waals surface area contributed by atoms with Crippen molar-refractivity contribution in [1.29, 1.82) is 0 Å².